The minimum atomic E-state index is -3.03. The Hall–Kier alpha value is -1.70. The first-order valence-corrected chi connectivity index (χ1v) is 11.3. The van der Waals surface area contributed by atoms with E-state index in [2.05, 4.69) is 15.3 Å². The smallest absolute Gasteiger partial charge is 0.272 e. The number of hydrogen-bond donors (Lipinski definition) is 1. The van der Waals surface area contributed by atoms with Crippen LogP contribution in [0.2, 0.25) is 0 Å². The average Bonchev–Trinajstić information content (AvgIpc) is 2.79. The molecule has 0 spiro atoms. The fourth-order valence-electron chi connectivity index (χ4n) is 3.81. The van der Waals surface area contributed by atoms with Crippen molar-refractivity contribution in [2.75, 3.05) is 23.9 Å². The first kappa shape index (κ1) is 19.1. The van der Waals surface area contributed by atoms with E-state index in [0.29, 0.717) is 29.8 Å². The molecule has 26 heavy (non-hydrogen) atoms. The Bertz CT molecular complexity index is 758. The number of carbonyl (C=O) groups excluding carboxylic acids is 1. The van der Waals surface area contributed by atoms with Crippen molar-refractivity contribution in [2.24, 2.45) is 0 Å². The van der Waals surface area contributed by atoms with Crippen molar-refractivity contribution < 1.29 is 13.2 Å². The predicted octanol–water partition coefficient (Wildman–Crippen LogP) is 2.18. The third kappa shape index (κ3) is 4.72. The third-order valence-corrected chi connectivity index (χ3v) is 7.09. The van der Waals surface area contributed by atoms with E-state index >= 15 is 0 Å². The second kappa shape index (κ2) is 7.90. The molecule has 3 rings (SSSR count). The summed E-state index contributed by atoms with van der Waals surface area (Å²) in [5, 5.41) is 3.46. The lowest BCUT2D eigenvalue weighted by Crippen LogP contribution is -2.38. The Morgan fingerprint density at radius 2 is 1.85 bits per heavy atom. The molecular weight excluding hydrogens is 352 g/mol. The average molecular weight is 381 g/mol. The molecule has 1 unspecified atom stereocenters. The molecule has 0 aromatic carbocycles. The lowest BCUT2D eigenvalue weighted by molar-refractivity contribution is 0.0741. The summed E-state index contributed by atoms with van der Waals surface area (Å²) in [6.45, 7) is 1.77. The van der Waals surface area contributed by atoms with E-state index in [1.807, 2.05) is 0 Å². The van der Waals surface area contributed by atoms with Crippen LogP contribution >= 0.6 is 0 Å². The Kier molecular flexibility index (Phi) is 5.79. The van der Waals surface area contributed by atoms with E-state index < -0.39 is 9.84 Å². The number of amides is 1. The summed E-state index contributed by atoms with van der Waals surface area (Å²) >= 11 is 0. The topological polar surface area (TPSA) is 92.3 Å². The van der Waals surface area contributed by atoms with Gasteiger partial charge in [-0.3, -0.25) is 4.79 Å². The van der Waals surface area contributed by atoms with Crippen LogP contribution in [0.5, 0.6) is 0 Å². The molecule has 1 atom stereocenters. The lowest BCUT2D eigenvalue weighted by Gasteiger charge is -2.23. The van der Waals surface area contributed by atoms with Crippen LogP contribution in [0.1, 0.15) is 61.3 Å². The summed E-state index contributed by atoms with van der Waals surface area (Å²) in [6.07, 6.45) is 7.71. The maximum atomic E-state index is 12.8. The molecule has 144 valence electrons. The molecule has 7 nitrogen and oxygen atoms in total. The molecule has 1 saturated heterocycles. The van der Waals surface area contributed by atoms with Crippen LogP contribution in [0, 0.1) is 6.92 Å². The van der Waals surface area contributed by atoms with Gasteiger partial charge in [-0.05, 0) is 26.2 Å². The van der Waals surface area contributed by atoms with Gasteiger partial charge in [-0.1, -0.05) is 25.7 Å². The van der Waals surface area contributed by atoms with Gasteiger partial charge in [0.1, 0.15) is 17.3 Å². The highest BCUT2D eigenvalue weighted by Crippen LogP contribution is 2.22. The number of nitrogens with zero attached hydrogens (tertiary/aromatic N) is 3. The highest BCUT2D eigenvalue weighted by atomic mass is 32.2. The maximum absolute atomic E-state index is 12.8. The molecule has 2 heterocycles. The molecule has 0 radical (unpaired) electrons. The molecule has 2 aliphatic rings. The van der Waals surface area contributed by atoms with E-state index in [-0.39, 0.29) is 23.5 Å². The van der Waals surface area contributed by atoms with E-state index in [1.165, 1.54) is 30.6 Å². The standard InChI is InChI=1S/C18H28N4O3S/c1-13-19-16(18(23)22(2)15-9-10-26(24,25)12-15)11-17(20-13)21-14-7-5-3-4-6-8-14/h11,14-15H,3-10,12H2,1-2H3,(H,19,20,21). The Labute approximate surface area is 155 Å². The fourth-order valence-corrected chi connectivity index (χ4v) is 5.59. The number of nitrogens with one attached hydrogen (secondary N) is 1. The van der Waals surface area contributed by atoms with Crippen LogP contribution in [0.4, 0.5) is 5.82 Å². The second-order valence-electron chi connectivity index (χ2n) is 7.49. The van der Waals surface area contributed by atoms with Crippen molar-refractivity contribution in [2.45, 2.75) is 64.0 Å². The first-order chi connectivity index (χ1) is 12.3. The van der Waals surface area contributed by atoms with Gasteiger partial charge in [0.25, 0.3) is 5.91 Å². The number of anilines is 1. The second-order valence-corrected chi connectivity index (χ2v) is 9.72. The van der Waals surface area contributed by atoms with Crippen molar-refractivity contribution in [1.29, 1.82) is 0 Å². The number of sulfone groups is 1. The Morgan fingerprint density at radius 1 is 1.15 bits per heavy atom. The summed E-state index contributed by atoms with van der Waals surface area (Å²) in [6, 6.07) is 1.80. The van der Waals surface area contributed by atoms with Crippen LogP contribution in [-0.4, -0.2) is 59.8 Å². The molecule has 1 amide bonds. The Balaban J connectivity index is 1.73. The summed E-state index contributed by atoms with van der Waals surface area (Å²) in [5.74, 6) is 1.15. The van der Waals surface area contributed by atoms with E-state index in [1.54, 1.807) is 20.0 Å². The highest BCUT2D eigenvalue weighted by Gasteiger charge is 2.33. The molecule has 1 N–H and O–H groups in total. The zero-order valence-corrected chi connectivity index (χ0v) is 16.4. The number of aromatic nitrogens is 2. The lowest BCUT2D eigenvalue weighted by atomic mass is 10.1. The molecule has 0 bridgehead atoms. The van der Waals surface area contributed by atoms with Crippen molar-refractivity contribution in [3.63, 3.8) is 0 Å². The van der Waals surface area contributed by atoms with Gasteiger partial charge in [-0.2, -0.15) is 0 Å². The van der Waals surface area contributed by atoms with Crippen molar-refractivity contribution >= 4 is 21.6 Å². The summed E-state index contributed by atoms with van der Waals surface area (Å²) in [5.41, 5.74) is 0.320. The minimum absolute atomic E-state index is 0.0342. The van der Waals surface area contributed by atoms with Gasteiger partial charge < -0.3 is 10.2 Å². The molecule has 1 aliphatic carbocycles. The van der Waals surface area contributed by atoms with E-state index in [9.17, 15) is 13.2 Å². The van der Waals surface area contributed by atoms with Crippen LogP contribution in [0.3, 0.4) is 0 Å². The Morgan fingerprint density at radius 3 is 2.46 bits per heavy atom. The molecule has 8 heteroatoms. The monoisotopic (exact) mass is 380 g/mol. The number of hydrogen-bond acceptors (Lipinski definition) is 6. The van der Waals surface area contributed by atoms with E-state index in [4.69, 9.17) is 0 Å². The molecule has 1 aromatic rings. The largest absolute Gasteiger partial charge is 0.367 e. The van der Waals surface area contributed by atoms with Crippen LogP contribution < -0.4 is 5.32 Å². The van der Waals surface area contributed by atoms with Crippen molar-refractivity contribution in [3.8, 4) is 0 Å². The SMILES string of the molecule is Cc1nc(NC2CCCCCC2)cc(C(=O)N(C)C2CCS(=O)(=O)C2)n1. The zero-order chi connectivity index (χ0) is 18.7. The van der Waals surface area contributed by atoms with Gasteiger partial charge in [0.2, 0.25) is 0 Å². The van der Waals surface area contributed by atoms with Gasteiger partial charge >= 0.3 is 0 Å². The quantitative estimate of drug-likeness (QED) is 0.805. The highest BCUT2D eigenvalue weighted by molar-refractivity contribution is 7.91. The predicted molar refractivity (Wildman–Crippen MR) is 101 cm³/mol. The van der Waals surface area contributed by atoms with Crippen LogP contribution in [0.15, 0.2) is 6.07 Å². The van der Waals surface area contributed by atoms with Crippen LogP contribution in [0.25, 0.3) is 0 Å². The number of rotatable bonds is 4. The zero-order valence-electron chi connectivity index (χ0n) is 15.6. The van der Waals surface area contributed by atoms with Gasteiger partial charge in [-0.15, -0.1) is 0 Å². The van der Waals surface area contributed by atoms with Gasteiger partial charge in [0.05, 0.1) is 11.5 Å². The van der Waals surface area contributed by atoms with Gasteiger partial charge in [-0.25, -0.2) is 18.4 Å². The van der Waals surface area contributed by atoms with Gasteiger partial charge in [0, 0.05) is 25.2 Å². The van der Waals surface area contributed by atoms with Crippen molar-refractivity contribution in [1.82, 2.24) is 14.9 Å². The van der Waals surface area contributed by atoms with Gasteiger partial charge in [0.15, 0.2) is 9.84 Å². The normalized spacial score (nSPS) is 23.4. The van der Waals surface area contributed by atoms with Crippen LogP contribution in [-0.2, 0) is 9.84 Å². The summed E-state index contributed by atoms with van der Waals surface area (Å²) in [4.78, 5) is 23.0. The molecular formula is C18H28N4O3S. The third-order valence-electron chi connectivity index (χ3n) is 5.34. The van der Waals surface area contributed by atoms with E-state index in [0.717, 1.165) is 12.8 Å². The first-order valence-electron chi connectivity index (χ1n) is 9.44. The molecule has 1 saturated carbocycles. The van der Waals surface area contributed by atoms with Crippen molar-refractivity contribution in [3.05, 3.63) is 17.6 Å². The maximum Gasteiger partial charge on any atom is 0.272 e. The minimum Gasteiger partial charge on any atom is -0.367 e. The summed E-state index contributed by atoms with van der Waals surface area (Å²) in [7, 11) is -1.38. The fraction of sp³-hybridized carbons (Fsp3) is 0.722. The number of carbonyl (C=O) groups is 1. The molecule has 1 aliphatic heterocycles. The number of aryl methyl sites for hydroxylation is 1. The summed E-state index contributed by atoms with van der Waals surface area (Å²) < 4.78 is 23.4. The molecule has 1 aromatic heterocycles. The molecule has 2 fully saturated rings.